The van der Waals surface area contributed by atoms with Crippen LogP contribution < -0.4 is 4.74 Å². The van der Waals surface area contributed by atoms with Crippen molar-refractivity contribution in [2.24, 2.45) is 0 Å². The lowest BCUT2D eigenvalue weighted by Crippen LogP contribution is -2.14. The summed E-state index contributed by atoms with van der Waals surface area (Å²) in [6.45, 7) is 0.309. The molecule has 0 unspecified atom stereocenters. The number of ketones is 2. The highest BCUT2D eigenvalue weighted by Gasteiger charge is 2.22. The highest BCUT2D eigenvalue weighted by Crippen LogP contribution is 2.26. The summed E-state index contributed by atoms with van der Waals surface area (Å²) >= 11 is 5.51. The van der Waals surface area contributed by atoms with Gasteiger partial charge in [-0.2, -0.15) is 0 Å². The van der Waals surface area contributed by atoms with Crippen molar-refractivity contribution in [2.75, 3.05) is 12.5 Å². The second-order valence-electron chi connectivity index (χ2n) is 3.28. The molecule has 1 aliphatic carbocycles. The Morgan fingerprint density at radius 2 is 1.88 bits per heavy atom. The first-order valence-electron chi connectivity index (χ1n) is 4.82. The largest absolute Gasteiger partial charge is 0.492 e. The molecule has 0 aromatic heterocycles. The van der Waals surface area contributed by atoms with E-state index in [4.69, 9.17) is 16.3 Å². The number of alkyl halides is 1. The zero-order valence-corrected chi connectivity index (χ0v) is 9.16. The second-order valence-corrected chi connectivity index (χ2v) is 3.66. The first kappa shape index (κ1) is 10.9. The average molecular weight is 237 g/mol. The minimum atomic E-state index is -0.209. The molecule has 0 bridgehead atoms. The Bertz CT molecular complexity index is 477. The van der Waals surface area contributed by atoms with Gasteiger partial charge in [-0.05, 0) is 18.2 Å². The maximum Gasteiger partial charge on any atom is 0.190 e. The topological polar surface area (TPSA) is 43.4 Å². The van der Waals surface area contributed by atoms with E-state index in [-0.39, 0.29) is 11.6 Å². The Hall–Kier alpha value is -1.61. The lowest BCUT2D eigenvalue weighted by atomic mass is 9.94. The van der Waals surface area contributed by atoms with Gasteiger partial charge >= 0.3 is 0 Å². The van der Waals surface area contributed by atoms with Crippen LogP contribution in [-0.4, -0.2) is 24.1 Å². The van der Waals surface area contributed by atoms with Gasteiger partial charge in [-0.25, -0.2) is 0 Å². The average Bonchev–Trinajstić information content (AvgIpc) is 2.31. The third kappa shape index (κ3) is 1.86. The van der Waals surface area contributed by atoms with Crippen molar-refractivity contribution in [1.82, 2.24) is 0 Å². The van der Waals surface area contributed by atoms with E-state index in [9.17, 15) is 9.59 Å². The molecule has 0 aliphatic heterocycles. The molecule has 1 aromatic rings. The number of fused-ring (bicyclic) bond motifs is 1. The zero-order valence-electron chi connectivity index (χ0n) is 8.40. The number of allylic oxidation sites excluding steroid dienone is 2. The van der Waals surface area contributed by atoms with Crippen LogP contribution >= 0.6 is 11.6 Å². The third-order valence-electron chi connectivity index (χ3n) is 2.26. The van der Waals surface area contributed by atoms with Crippen molar-refractivity contribution < 1.29 is 14.3 Å². The first-order chi connectivity index (χ1) is 7.74. The van der Waals surface area contributed by atoms with Crippen LogP contribution in [0.3, 0.4) is 0 Å². The summed E-state index contributed by atoms with van der Waals surface area (Å²) in [6.07, 6.45) is 2.54. The molecule has 16 heavy (non-hydrogen) atoms. The van der Waals surface area contributed by atoms with E-state index in [1.54, 1.807) is 18.2 Å². The number of benzene rings is 1. The first-order valence-corrected chi connectivity index (χ1v) is 5.36. The molecule has 0 radical (unpaired) electrons. The monoisotopic (exact) mass is 236 g/mol. The molecule has 3 nitrogen and oxygen atoms in total. The molecule has 82 valence electrons. The Kier molecular flexibility index (Phi) is 3.06. The second kappa shape index (κ2) is 4.49. The van der Waals surface area contributed by atoms with Gasteiger partial charge < -0.3 is 4.74 Å². The van der Waals surface area contributed by atoms with Gasteiger partial charge in [0.15, 0.2) is 11.6 Å². The van der Waals surface area contributed by atoms with Crippen molar-refractivity contribution >= 4 is 23.2 Å². The maximum absolute atomic E-state index is 11.7. The van der Waals surface area contributed by atoms with Crippen molar-refractivity contribution in [1.29, 1.82) is 0 Å². The van der Waals surface area contributed by atoms with E-state index in [1.165, 1.54) is 12.2 Å². The normalized spacial score (nSPS) is 13.8. The van der Waals surface area contributed by atoms with Crippen LogP contribution in [-0.2, 0) is 0 Å². The molecule has 0 fully saturated rings. The van der Waals surface area contributed by atoms with Crippen LogP contribution in [0, 0.1) is 0 Å². The quantitative estimate of drug-likeness (QED) is 0.756. The Morgan fingerprint density at radius 3 is 2.62 bits per heavy atom. The lowest BCUT2D eigenvalue weighted by molar-refractivity contribution is 0.0991. The van der Waals surface area contributed by atoms with Gasteiger partial charge in [-0.3, -0.25) is 9.59 Å². The van der Waals surface area contributed by atoms with Gasteiger partial charge in [0.1, 0.15) is 12.4 Å². The molecule has 0 N–H and O–H groups in total. The summed E-state index contributed by atoms with van der Waals surface area (Å²) in [5.41, 5.74) is 0.722. The molecule has 0 amide bonds. The van der Waals surface area contributed by atoms with E-state index in [2.05, 4.69) is 0 Å². The summed E-state index contributed by atoms with van der Waals surface area (Å²) in [6, 6.07) is 4.97. The Labute approximate surface area is 97.7 Å². The number of rotatable bonds is 3. The van der Waals surface area contributed by atoms with Crippen LogP contribution in [0.4, 0.5) is 0 Å². The molecule has 0 saturated carbocycles. The van der Waals surface area contributed by atoms with Crippen molar-refractivity contribution in [3.63, 3.8) is 0 Å². The van der Waals surface area contributed by atoms with Gasteiger partial charge in [-0.15, -0.1) is 11.6 Å². The number of halogens is 1. The van der Waals surface area contributed by atoms with Gasteiger partial charge in [0.25, 0.3) is 0 Å². The molecule has 1 aliphatic rings. The van der Waals surface area contributed by atoms with Crippen LogP contribution in [0.2, 0.25) is 0 Å². The molecule has 0 spiro atoms. The van der Waals surface area contributed by atoms with Gasteiger partial charge in [0.2, 0.25) is 0 Å². The number of ether oxygens (including phenoxy) is 1. The Balaban J connectivity index is 2.47. The van der Waals surface area contributed by atoms with Crippen molar-refractivity contribution in [3.8, 4) is 5.75 Å². The molecule has 0 atom stereocenters. The smallest absolute Gasteiger partial charge is 0.190 e. The van der Waals surface area contributed by atoms with Gasteiger partial charge in [0, 0.05) is 5.56 Å². The van der Waals surface area contributed by atoms with E-state index < -0.39 is 0 Å². The predicted molar refractivity (Wildman–Crippen MR) is 60.5 cm³/mol. The minimum Gasteiger partial charge on any atom is -0.492 e. The number of carbonyl (C=O) groups is 2. The number of carbonyl (C=O) groups excluding carboxylic acids is 2. The predicted octanol–water partition coefficient (Wildman–Crippen LogP) is 2.24. The number of hydrogen-bond donors (Lipinski definition) is 0. The fourth-order valence-corrected chi connectivity index (χ4v) is 1.66. The molecule has 0 saturated heterocycles. The lowest BCUT2D eigenvalue weighted by Gasteiger charge is -2.13. The van der Waals surface area contributed by atoms with E-state index >= 15 is 0 Å². The Morgan fingerprint density at radius 1 is 1.12 bits per heavy atom. The van der Waals surface area contributed by atoms with Gasteiger partial charge in [0.05, 0.1) is 11.4 Å². The summed E-state index contributed by atoms with van der Waals surface area (Å²) < 4.78 is 5.33. The summed E-state index contributed by atoms with van der Waals surface area (Å²) in [5.74, 6) is 0.369. The highest BCUT2D eigenvalue weighted by molar-refractivity contribution is 6.23. The van der Waals surface area contributed by atoms with Crippen molar-refractivity contribution in [2.45, 2.75) is 0 Å². The SMILES string of the molecule is O=C1C=CC(=O)c2c(OCCCl)cccc21. The molecule has 1 aromatic carbocycles. The third-order valence-corrected chi connectivity index (χ3v) is 2.41. The van der Waals surface area contributed by atoms with E-state index in [0.717, 1.165) is 0 Å². The molecule has 2 rings (SSSR count). The summed E-state index contributed by atoms with van der Waals surface area (Å²) in [7, 11) is 0. The number of hydrogen-bond acceptors (Lipinski definition) is 3. The summed E-state index contributed by atoms with van der Waals surface area (Å²) in [5, 5.41) is 0. The van der Waals surface area contributed by atoms with Crippen LogP contribution in [0.25, 0.3) is 0 Å². The fourth-order valence-electron chi connectivity index (χ4n) is 1.58. The van der Waals surface area contributed by atoms with Crippen LogP contribution in [0.5, 0.6) is 5.75 Å². The summed E-state index contributed by atoms with van der Waals surface area (Å²) in [4.78, 5) is 23.2. The van der Waals surface area contributed by atoms with Crippen LogP contribution in [0.1, 0.15) is 20.7 Å². The maximum atomic E-state index is 11.7. The fraction of sp³-hybridized carbons (Fsp3) is 0.167. The molecular formula is C12H9ClO3. The minimum absolute atomic E-state index is 0.175. The molecule has 0 heterocycles. The van der Waals surface area contributed by atoms with Gasteiger partial charge in [-0.1, -0.05) is 12.1 Å². The highest BCUT2D eigenvalue weighted by atomic mass is 35.5. The molecule has 4 heteroatoms. The van der Waals surface area contributed by atoms with E-state index in [1.807, 2.05) is 0 Å². The zero-order chi connectivity index (χ0) is 11.5. The van der Waals surface area contributed by atoms with E-state index in [0.29, 0.717) is 29.4 Å². The van der Waals surface area contributed by atoms with Crippen molar-refractivity contribution in [3.05, 3.63) is 41.5 Å². The van der Waals surface area contributed by atoms with Crippen LogP contribution in [0.15, 0.2) is 30.4 Å². The standard InChI is InChI=1S/C12H9ClO3/c13-6-7-16-11-3-1-2-8-9(14)4-5-10(15)12(8)11/h1-5H,6-7H2. The molecular weight excluding hydrogens is 228 g/mol.